The Bertz CT molecular complexity index is 822. The Hall–Kier alpha value is -2.32. The molecule has 2 aromatic rings. The van der Waals surface area contributed by atoms with E-state index in [0.29, 0.717) is 5.56 Å². The number of ether oxygens (including phenoxy) is 1. The Morgan fingerprint density at radius 3 is 2.33 bits per heavy atom. The van der Waals surface area contributed by atoms with Gasteiger partial charge < -0.3 is 4.74 Å². The number of hydrogen-bond acceptors (Lipinski definition) is 4. The molecular weight excluding hydrogens is 340 g/mol. The highest BCUT2D eigenvalue weighted by atomic mass is 32.2. The van der Waals surface area contributed by atoms with Crippen LogP contribution in [0.2, 0.25) is 0 Å². The van der Waals surface area contributed by atoms with Crippen LogP contribution in [0.25, 0.3) is 0 Å². The molecule has 0 aromatic heterocycles. The van der Waals surface area contributed by atoms with E-state index in [0.717, 1.165) is 19.2 Å². The van der Waals surface area contributed by atoms with Crippen LogP contribution in [0.1, 0.15) is 5.56 Å². The standard InChI is InChI=1S/C16H15F2NO4S/c1-23-16(20)14(10-11-6-8-12(17)9-7-11)19-24(21,22)15-5-3-2-4-13(15)18/h2-9,14,19H,10H2,1H3. The van der Waals surface area contributed by atoms with Crippen molar-refractivity contribution in [3.8, 4) is 0 Å². The molecule has 0 amide bonds. The quantitative estimate of drug-likeness (QED) is 0.805. The monoisotopic (exact) mass is 355 g/mol. The van der Waals surface area contributed by atoms with Gasteiger partial charge in [0, 0.05) is 0 Å². The summed E-state index contributed by atoms with van der Waals surface area (Å²) in [6.45, 7) is 0. The van der Waals surface area contributed by atoms with Crippen LogP contribution in [0.3, 0.4) is 0 Å². The normalized spacial score (nSPS) is 12.6. The van der Waals surface area contributed by atoms with Gasteiger partial charge in [0.2, 0.25) is 10.0 Å². The van der Waals surface area contributed by atoms with E-state index in [-0.39, 0.29) is 6.42 Å². The molecule has 1 N–H and O–H groups in total. The molecule has 0 aliphatic carbocycles. The molecule has 1 atom stereocenters. The zero-order valence-electron chi connectivity index (χ0n) is 12.7. The third-order valence-electron chi connectivity index (χ3n) is 3.26. The van der Waals surface area contributed by atoms with E-state index in [2.05, 4.69) is 9.46 Å². The number of esters is 1. The highest BCUT2D eigenvalue weighted by Crippen LogP contribution is 2.15. The zero-order valence-corrected chi connectivity index (χ0v) is 13.5. The Kier molecular flexibility index (Phi) is 5.63. The average Bonchev–Trinajstić information content (AvgIpc) is 2.55. The first-order valence-corrected chi connectivity index (χ1v) is 8.41. The van der Waals surface area contributed by atoms with Crippen molar-refractivity contribution in [2.75, 3.05) is 7.11 Å². The molecule has 24 heavy (non-hydrogen) atoms. The number of hydrogen-bond donors (Lipinski definition) is 1. The summed E-state index contributed by atoms with van der Waals surface area (Å²) in [4.78, 5) is 11.3. The summed E-state index contributed by atoms with van der Waals surface area (Å²) in [5, 5.41) is 0. The number of sulfonamides is 1. The van der Waals surface area contributed by atoms with Gasteiger partial charge >= 0.3 is 5.97 Å². The molecule has 0 radical (unpaired) electrons. The number of rotatable bonds is 6. The van der Waals surface area contributed by atoms with Crippen molar-refractivity contribution in [1.29, 1.82) is 0 Å². The molecule has 2 aromatic carbocycles. The fourth-order valence-corrected chi connectivity index (χ4v) is 3.35. The van der Waals surface area contributed by atoms with Gasteiger partial charge in [0.1, 0.15) is 22.6 Å². The Labute approximate surface area is 138 Å². The minimum absolute atomic E-state index is 0.0688. The number of methoxy groups -OCH3 is 1. The summed E-state index contributed by atoms with van der Waals surface area (Å²) < 4.78 is 58.0. The summed E-state index contributed by atoms with van der Waals surface area (Å²) in [6.07, 6.45) is -0.0688. The summed E-state index contributed by atoms with van der Waals surface area (Å²) >= 11 is 0. The Morgan fingerprint density at radius 2 is 1.75 bits per heavy atom. The molecule has 0 spiro atoms. The second-order valence-electron chi connectivity index (χ2n) is 4.96. The van der Waals surface area contributed by atoms with Gasteiger partial charge in [-0.1, -0.05) is 24.3 Å². The summed E-state index contributed by atoms with van der Waals surface area (Å²) in [7, 11) is -3.16. The van der Waals surface area contributed by atoms with Crippen molar-refractivity contribution >= 4 is 16.0 Å². The fourth-order valence-electron chi connectivity index (χ4n) is 2.08. The molecule has 0 saturated heterocycles. The van der Waals surface area contributed by atoms with Crippen LogP contribution >= 0.6 is 0 Å². The molecule has 0 aliphatic heterocycles. The molecule has 0 bridgehead atoms. The predicted molar refractivity (Wildman–Crippen MR) is 82.6 cm³/mol. The van der Waals surface area contributed by atoms with Crippen molar-refractivity contribution in [1.82, 2.24) is 4.72 Å². The van der Waals surface area contributed by atoms with Crippen LogP contribution in [-0.4, -0.2) is 27.5 Å². The van der Waals surface area contributed by atoms with Crippen LogP contribution in [0.5, 0.6) is 0 Å². The highest BCUT2D eigenvalue weighted by molar-refractivity contribution is 7.89. The van der Waals surface area contributed by atoms with Crippen molar-refractivity contribution < 1.29 is 26.7 Å². The van der Waals surface area contributed by atoms with E-state index >= 15 is 0 Å². The van der Waals surface area contributed by atoms with E-state index in [4.69, 9.17) is 0 Å². The van der Waals surface area contributed by atoms with Crippen molar-refractivity contribution in [3.05, 3.63) is 65.7 Å². The molecule has 0 heterocycles. The molecule has 8 heteroatoms. The van der Waals surface area contributed by atoms with Gasteiger partial charge in [0.25, 0.3) is 0 Å². The maximum atomic E-state index is 13.7. The van der Waals surface area contributed by atoms with Gasteiger partial charge in [-0.25, -0.2) is 17.2 Å². The first kappa shape index (κ1) is 18.0. The van der Waals surface area contributed by atoms with Gasteiger partial charge in [0.15, 0.2) is 0 Å². The zero-order chi connectivity index (χ0) is 17.7. The van der Waals surface area contributed by atoms with Crippen LogP contribution in [0.4, 0.5) is 8.78 Å². The van der Waals surface area contributed by atoms with Gasteiger partial charge in [-0.2, -0.15) is 4.72 Å². The van der Waals surface area contributed by atoms with Crippen molar-refractivity contribution in [2.24, 2.45) is 0 Å². The number of nitrogens with one attached hydrogen (secondary N) is 1. The molecule has 0 aliphatic rings. The van der Waals surface area contributed by atoms with Gasteiger partial charge in [-0.05, 0) is 36.2 Å². The first-order valence-electron chi connectivity index (χ1n) is 6.92. The van der Waals surface area contributed by atoms with E-state index in [1.54, 1.807) is 0 Å². The second kappa shape index (κ2) is 7.50. The largest absolute Gasteiger partial charge is 0.468 e. The van der Waals surface area contributed by atoms with Crippen LogP contribution < -0.4 is 4.72 Å². The number of carbonyl (C=O) groups is 1. The number of benzene rings is 2. The molecule has 0 fully saturated rings. The van der Waals surface area contributed by atoms with Crippen LogP contribution in [0.15, 0.2) is 53.4 Å². The van der Waals surface area contributed by atoms with Crippen molar-refractivity contribution in [2.45, 2.75) is 17.4 Å². The lowest BCUT2D eigenvalue weighted by atomic mass is 10.1. The SMILES string of the molecule is COC(=O)C(Cc1ccc(F)cc1)NS(=O)(=O)c1ccccc1F. The van der Waals surface area contributed by atoms with E-state index in [1.807, 2.05) is 0 Å². The summed E-state index contributed by atoms with van der Waals surface area (Å²) in [5.41, 5.74) is 0.517. The smallest absolute Gasteiger partial charge is 0.324 e. The number of carbonyl (C=O) groups excluding carboxylic acids is 1. The lowest BCUT2D eigenvalue weighted by Crippen LogP contribution is -2.43. The summed E-state index contributed by atoms with van der Waals surface area (Å²) in [5.74, 6) is -2.23. The van der Waals surface area contributed by atoms with E-state index in [9.17, 15) is 22.0 Å². The molecule has 128 valence electrons. The Balaban J connectivity index is 2.27. The third-order valence-corrected chi connectivity index (χ3v) is 4.77. The lowest BCUT2D eigenvalue weighted by Gasteiger charge is -2.17. The lowest BCUT2D eigenvalue weighted by molar-refractivity contribution is -0.142. The minimum Gasteiger partial charge on any atom is -0.468 e. The highest BCUT2D eigenvalue weighted by Gasteiger charge is 2.28. The number of halogens is 2. The fraction of sp³-hybridized carbons (Fsp3) is 0.188. The third kappa shape index (κ3) is 4.36. The topological polar surface area (TPSA) is 72.5 Å². The van der Waals surface area contributed by atoms with Gasteiger partial charge in [-0.15, -0.1) is 0 Å². The van der Waals surface area contributed by atoms with Crippen molar-refractivity contribution in [3.63, 3.8) is 0 Å². The van der Waals surface area contributed by atoms with E-state index < -0.39 is 38.6 Å². The molecular formula is C16H15F2NO4S. The van der Waals surface area contributed by atoms with Gasteiger partial charge in [-0.3, -0.25) is 4.79 Å². The molecule has 5 nitrogen and oxygen atoms in total. The maximum absolute atomic E-state index is 13.7. The molecule has 1 unspecified atom stereocenters. The Morgan fingerprint density at radius 1 is 1.12 bits per heavy atom. The van der Waals surface area contributed by atoms with Crippen LogP contribution in [-0.2, 0) is 26.0 Å². The minimum atomic E-state index is -4.27. The second-order valence-corrected chi connectivity index (χ2v) is 6.64. The predicted octanol–water partition coefficient (Wildman–Crippen LogP) is 2.03. The summed E-state index contributed by atoms with van der Waals surface area (Å²) in [6, 6.07) is 8.75. The molecule has 2 rings (SSSR count). The molecule has 0 saturated carbocycles. The van der Waals surface area contributed by atoms with Crippen LogP contribution in [0, 0.1) is 11.6 Å². The average molecular weight is 355 g/mol. The first-order chi connectivity index (χ1) is 11.3. The van der Waals surface area contributed by atoms with E-state index in [1.165, 1.54) is 36.4 Å². The maximum Gasteiger partial charge on any atom is 0.324 e. The van der Waals surface area contributed by atoms with Gasteiger partial charge in [0.05, 0.1) is 7.11 Å².